The number of nitrogens with zero attached hydrogens (tertiary/aromatic N) is 2. The second-order valence-corrected chi connectivity index (χ2v) is 7.33. The second-order valence-electron chi connectivity index (χ2n) is 6.49. The zero-order chi connectivity index (χ0) is 22.9. The zero-order valence-corrected chi connectivity index (χ0v) is 17.3. The molecule has 0 saturated heterocycles. The predicted octanol–water partition coefficient (Wildman–Crippen LogP) is 4.57. The van der Waals surface area contributed by atoms with Crippen molar-refractivity contribution >= 4 is 28.9 Å². The number of aliphatic imine (C=N–C) groups is 1. The fraction of sp³-hybridized carbons (Fsp3) is 0.150. The van der Waals surface area contributed by atoms with Gasteiger partial charge in [-0.05, 0) is 42.8 Å². The Balaban J connectivity index is 2.01. The fourth-order valence-corrected chi connectivity index (χ4v) is 3.19. The SMILES string of the molecule is CC(=NCc1ccc(C(F)(F)F)cc1)c1c(O)n(-c2cc(Cl)ccc2Cl)c(=O)[nH]c1=O. The lowest BCUT2D eigenvalue weighted by Gasteiger charge is -2.13. The largest absolute Gasteiger partial charge is 0.493 e. The van der Waals surface area contributed by atoms with E-state index in [0.717, 1.165) is 16.7 Å². The Morgan fingerprint density at radius 2 is 1.77 bits per heavy atom. The number of aromatic amines is 1. The van der Waals surface area contributed by atoms with Gasteiger partial charge in [0.15, 0.2) is 0 Å². The van der Waals surface area contributed by atoms with Crippen LogP contribution in [0.2, 0.25) is 10.0 Å². The van der Waals surface area contributed by atoms with Crippen molar-refractivity contribution in [3.63, 3.8) is 0 Å². The van der Waals surface area contributed by atoms with Crippen LogP contribution in [0.5, 0.6) is 5.88 Å². The van der Waals surface area contributed by atoms with E-state index in [4.69, 9.17) is 23.2 Å². The Morgan fingerprint density at radius 3 is 2.39 bits per heavy atom. The highest BCUT2D eigenvalue weighted by atomic mass is 35.5. The van der Waals surface area contributed by atoms with Crippen LogP contribution < -0.4 is 11.2 Å². The topological polar surface area (TPSA) is 87.4 Å². The van der Waals surface area contributed by atoms with Crippen LogP contribution in [0.4, 0.5) is 13.2 Å². The van der Waals surface area contributed by atoms with Crippen molar-refractivity contribution in [1.29, 1.82) is 0 Å². The summed E-state index contributed by atoms with van der Waals surface area (Å²) in [7, 11) is 0. The predicted molar refractivity (Wildman–Crippen MR) is 112 cm³/mol. The Morgan fingerprint density at radius 1 is 1.13 bits per heavy atom. The lowest BCUT2D eigenvalue weighted by Crippen LogP contribution is -2.33. The summed E-state index contributed by atoms with van der Waals surface area (Å²) in [5, 5.41) is 11.0. The van der Waals surface area contributed by atoms with Gasteiger partial charge in [0.05, 0.1) is 28.5 Å². The van der Waals surface area contributed by atoms with Crippen LogP contribution in [0.15, 0.2) is 57.0 Å². The molecule has 3 rings (SSSR count). The monoisotopic (exact) mass is 471 g/mol. The minimum Gasteiger partial charge on any atom is -0.493 e. The molecule has 0 aliphatic rings. The van der Waals surface area contributed by atoms with Gasteiger partial charge in [-0.1, -0.05) is 35.3 Å². The molecule has 0 atom stereocenters. The van der Waals surface area contributed by atoms with Gasteiger partial charge in [-0.3, -0.25) is 14.8 Å². The van der Waals surface area contributed by atoms with E-state index < -0.39 is 28.9 Å². The first kappa shape index (κ1) is 22.6. The Kier molecular flexibility index (Phi) is 6.28. The number of hydrogen-bond donors (Lipinski definition) is 2. The molecule has 1 heterocycles. The number of aromatic nitrogens is 2. The highest BCUT2D eigenvalue weighted by Gasteiger charge is 2.29. The van der Waals surface area contributed by atoms with Crippen LogP contribution >= 0.6 is 23.2 Å². The molecule has 0 saturated carbocycles. The van der Waals surface area contributed by atoms with Crippen LogP contribution in [0.1, 0.15) is 23.6 Å². The molecule has 2 aromatic carbocycles. The summed E-state index contributed by atoms with van der Waals surface area (Å²) < 4.78 is 38.8. The van der Waals surface area contributed by atoms with Gasteiger partial charge in [0.2, 0.25) is 5.88 Å². The highest BCUT2D eigenvalue weighted by Crippen LogP contribution is 2.29. The van der Waals surface area contributed by atoms with Crippen LogP contribution in [0.3, 0.4) is 0 Å². The van der Waals surface area contributed by atoms with Crippen molar-refractivity contribution in [1.82, 2.24) is 9.55 Å². The summed E-state index contributed by atoms with van der Waals surface area (Å²) in [5.41, 5.74) is -2.35. The van der Waals surface area contributed by atoms with Gasteiger partial charge in [0, 0.05) is 5.02 Å². The van der Waals surface area contributed by atoms with E-state index in [1.807, 2.05) is 0 Å². The van der Waals surface area contributed by atoms with Gasteiger partial charge in [0.1, 0.15) is 5.56 Å². The van der Waals surface area contributed by atoms with Crippen LogP contribution in [-0.2, 0) is 12.7 Å². The first-order valence-electron chi connectivity index (χ1n) is 8.70. The summed E-state index contributed by atoms with van der Waals surface area (Å²) in [6, 6.07) is 8.60. The quantitative estimate of drug-likeness (QED) is 0.546. The molecule has 0 spiro atoms. The Hall–Kier alpha value is -3.04. The third-order valence-corrected chi connectivity index (χ3v) is 4.93. The van der Waals surface area contributed by atoms with Crippen molar-refractivity contribution in [3.8, 4) is 11.6 Å². The summed E-state index contributed by atoms with van der Waals surface area (Å²) in [4.78, 5) is 30.9. The highest BCUT2D eigenvalue weighted by molar-refractivity contribution is 6.34. The number of alkyl halides is 3. The van der Waals surface area contributed by atoms with Crippen molar-refractivity contribution in [2.24, 2.45) is 4.99 Å². The van der Waals surface area contributed by atoms with E-state index in [1.54, 1.807) is 0 Å². The summed E-state index contributed by atoms with van der Waals surface area (Å²) in [6.07, 6.45) is -4.45. The van der Waals surface area contributed by atoms with Crippen molar-refractivity contribution in [2.45, 2.75) is 19.6 Å². The van der Waals surface area contributed by atoms with Crippen LogP contribution in [-0.4, -0.2) is 20.4 Å². The van der Waals surface area contributed by atoms with E-state index >= 15 is 0 Å². The number of nitrogens with one attached hydrogen (secondary N) is 1. The van der Waals surface area contributed by atoms with Gasteiger partial charge in [-0.2, -0.15) is 13.2 Å². The average molecular weight is 472 g/mol. The van der Waals surface area contributed by atoms with E-state index in [1.165, 1.54) is 37.3 Å². The molecule has 0 fully saturated rings. The molecule has 0 bridgehead atoms. The third kappa shape index (κ3) is 4.83. The van der Waals surface area contributed by atoms with Crippen LogP contribution in [0, 0.1) is 0 Å². The molecular formula is C20H14Cl2F3N3O3. The van der Waals surface area contributed by atoms with Crippen molar-refractivity contribution in [3.05, 3.63) is 90.0 Å². The number of benzene rings is 2. The van der Waals surface area contributed by atoms with Crippen molar-refractivity contribution < 1.29 is 18.3 Å². The molecule has 0 radical (unpaired) electrons. The molecule has 31 heavy (non-hydrogen) atoms. The van der Waals surface area contributed by atoms with Gasteiger partial charge in [0.25, 0.3) is 5.56 Å². The lowest BCUT2D eigenvalue weighted by atomic mass is 10.1. The number of rotatable bonds is 4. The molecule has 11 heteroatoms. The van der Waals surface area contributed by atoms with Gasteiger partial charge in [-0.15, -0.1) is 0 Å². The average Bonchev–Trinajstić information content (AvgIpc) is 2.68. The lowest BCUT2D eigenvalue weighted by molar-refractivity contribution is -0.137. The molecular weight excluding hydrogens is 458 g/mol. The van der Waals surface area contributed by atoms with Gasteiger partial charge < -0.3 is 5.11 Å². The molecule has 162 valence electrons. The van der Waals surface area contributed by atoms with Gasteiger partial charge in [-0.25, -0.2) is 9.36 Å². The molecule has 0 aliphatic heterocycles. The maximum absolute atomic E-state index is 12.7. The molecule has 1 aromatic heterocycles. The minimum absolute atomic E-state index is 0.0460. The first-order valence-corrected chi connectivity index (χ1v) is 9.46. The van der Waals surface area contributed by atoms with E-state index in [-0.39, 0.29) is 33.6 Å². The summed E-state index contributed by atoms with van der Waals surface area (Å²) in [5.74, 6) is -0.702. The molecule has 6 nitrogen and oxygen atoms in total. The number of aromatic hydroxyl groups is 1. The number of hydrogen-bond acceptors (Lipinski definition) is 4. The molecule has 0 aliphatic carbocycles. The number of halogens is 5. The first-order chi connectivity index (χ1) is 14.5. The summed E-state index contributed by atoms with van der Waals surface area (Å²) in [6.45, 7) is 1.36. The normalized spacial score (nSPS) is 12.3. The standard InChI is InChI=1S/C20H14Cl2F3N3O3/c1-10(26-9-11-2-4-12(5-3-11)20(23,24)25)16-17(29)27-19(31)28(18(16)30)15-8-13(21)6-7-14(15)22/h2-8,30H,9H2,1H3,(H,27,29,31). The fourth-order valence-electron chi connectivity index (χ4n) is 2.82. The third-order valence-electron chi connectivity index (χ3n) is 4.38. The maximum Gasteiger partial charge on any atom is 0.416 e. The minimum atomic E-state index is -4.45. The molecule has 2 N–H and O–H groups in total. The zero-order valence-electron chi connectivity index (χ0n) is 15.8. The van der Waals surface area contributed by atoms with Crippen molar-refractivity contribution in [2.75, 3.05) is 0 Å². The Bertz CT molecular complexity index is 1280. The van der Waals surface area contributed by atoms with E-state index in [0.29, 0.717) is 5.56 Å². The smallest absolute Gasteiger partial charge is 0.416 e. The van der Waals surface area contributed by atoms with E-state index in [2.05, 4.69) is 9.98 Å². The van der Waals surface area contributed by atoms with Gasteiger partial charge >= 0.3 is 11.9 Å². The molecule has 3 aromatic rings. The second kappa shape index (κ2) is 8.60. The van der Waals surface area contributed by atoms with Crippen LogP contribution in [0.25, 0.3) is 5.69 Å². The number of H-pyrrole nitrogens is 1. The summed E-state index contributed by atoms with van der Waals surface area (Å²) >= 11 is 12.0. The molecule has 0 unspecified atom stereocenters. The Labute approximate surface area is 183 Å². The van der Waals surface area contributed by atoms with E-state index in [9.17, 15) is 27.9 Å². The maximum atomic E-state index is 12.7. The molecule has 0 amide bonds.